The van der Waals surface area contributed by atoms with Gasteiger partial charge in [0.05, 0.1) is 12.0 Å². The lowest BCUT2D eigenvalue weighted by Crippen LogP contribution is -1.97. The minimum atomic E-state index is -0.326. The highest BCUT2D eigenvalue weighted by Gasteiger charge is 2.12. The number of nitriles is 1. The maximum absolute atomic E-state index is 9.39. The van der Waals surface area contributed by atoms with Crippen LogP contribution in [0.4, 0.5) is 0 Å². The largest absolute Gasteiger partial charge is 0.508 e. The van der Waals surface area contributed by atoms with Gasteiger partial charge in [-0.15, -0.1) is 0 Å². The Morgan fingerprint density at radius 2 is 1.62 bits per heavy atom. The van der Waals surface area contributed by atoms with Gasteiger partial charge in [-0.25, -0.2) is 0 Å². The molecule has 0 heterocycles. The third-order valence-corrected chi connectivity index (χ3v) is 2.47. The molecule has 2 nitrogen and oxygen atoms in total. The van der Waals surface area contributed by atoms with E-state index in [2.05, 4.69) is 6.07 Å². The smallest absolute Gasteiger partial charge is 0.115 e. The number of hydrogen-bond donors (Lipinski definition) is 1. The van der Waals surface area contributed by atoms with Gasteiger partial charge < -0.3 is 5.11 Å². The summed E-state index contributed by atoms with van der Waals surface area (Å²) in [5.74, 6) is -0.137. The van der Waals surface area contributed by atoms with Gasteiger partial charge >= 0.3 is 0 Å². The lowest BCUT2D eigenvalue weighted by Gasteiger charge is -2.09. The van der Waals surface area contributed by atoms with Crippen LogP contribution in [0.2, 0.25) is 0 Å². The summed E-state index contributed by atoms with van der Waals surface area (Å²) >= 11 is 0. The van der Waals surface area contributed by atoms with Crippen molar-refractivity contribution in [2.75, 3.05) is 0 Å². The molecule has 2 heteroatoms. The average molecular weight is 209 g/mol. The molecule has 0 aliphatic heterocycles. The Labute approximate surface area is 94.4 Å². The van der Waals surface area contributed by atoms with Crippen molar-refractivity contribution in [2.24, 2.45) is 0 Å². The third-order valence-electron chi connectivity index (χ3n) is 2.47. The molecule has 1 N–H and O–H groups in total. The van der Waals surface area contributed by atoms with Crippen molar-refractivity contribution in [2.45, 2.75) is 5.92 Å². The van der Waals surface area contributed by atoms with Crippen LogP contribution in [0.25, 0.3) is 0 Å². The van der Waals surface area contributed by atoms with Crippen LogP contribution in [0.5, 0.6) is 5.75 Å². The lowest BCUT2D eigenvalue weighted by atomic mass is 9.93. The minimum Gasteiger partial charge on any atom is -0.508 e. The van der Waals surface area contributed by atoms with E-state index in [1.54, 1.807) is 18.2 Å². The Hall–Kier alpha value is -2.27. The van der Waals surface area contributed by atoms with Crippen molar-refractivity contribution in [3.8, 4) is 11.8 Å². The second-order valence-corrected chi connectivity index (χ2v) is 3.57. The number of benzene rings is 2. The molecule has 0 aliphatic carbocycles. The Balaban J connectivity index is 2.42. The standard InChI is InChI=1S/C14H11NO/c15-10-14(11-5-2-1-3-6-11)12-7-4-8-13(16)9-12/h1-9,14,16H. The Morgan fingerprint density at radius 3 is 2.25 bits per heavy atom. The van der Waals surface area contributed by atoms with Crippen LogP contribution in [0, 0.1) is 11.3 Å². The number of rotatable bonds is 2. The fourth-order valence-electron chi connectivity index (χ4n) is 1.69. The van der Waals surface area contributed by atoms with Crippen molar-refractivity contribution in [1.29, 1.82) is 5.26 Å². The molecule has 2 aromatic carbocycles. The molecule has 0 aliphatic rings. The second kappa shape index (κ2) is 4.50. The van der Waals surface area contributed by atoms with Crippen LogP contribution in [0.3, 0.4) is 0 Å². The average Bonchev–Trinajstić information content (AvgIpc) is 2.31. The summed E-state index contributed by atoms with van der Waals surface area (Å²) in [4.78, 5) is 0. The number of nitrogens with zero attached hydrogens (tertiary/aromatic N) is 1. The topological polar surface area (TPSA) is 44.0 Å². The van der Waals surface area contributed by atoms with Crippen LogP contribution < -0.4 is 0 Å². The maximum atomic E-state index is 9.39. The SMILES string of the molecule is N#CC(c1ccccc1)c1cccc(O)c1. The van der Waals surface area contributed by atoms with Crippen LogP contribution in [0.1, 0.15) is 17.0 Å². The molecule has 0 fully saturated rings. The molecular formula is C14H11NO. The summed E-state index contributed by atoms with van der Waals surface area (Å²) in [6.45, 7) is 0. The van der Waals surface area contributed by atoms with Crippen molar-refractivity contribution in [1.82, 2.24) is 0 Å². The van der Waals surface area contributed by atoms with Gasteiger partial charge in [-0.1, -0.05) is 42.5 Å². The van der Waals surface area contributed by atoms with E-state index in [-0.39, 0.29) is 11.7 Å². The van der Waals surface area contributed by atoms with Gasteiger partial charge in [-0.3, -0.25) is 0 Å². The monoisotopic (exact) mass is 209 g/mol. The van der Waals surface area contributed by atoms with E-state index in [0.717, 1.165) is 11.1 Å². The highest BCUT2D eigenvalue weighted by Crippen LogP contribution is 2.25. The van der Waals surface area contributed by atoms with E-state index in [1.807, 2.05) is 36.4 Å². The highest BCUT2D eigenvalue weighted by atomic mass is 16.3. The zero-order valence-electron chi connectivity index (χ0n) is 8.67. The van der Waals surface area contributed by atoms with Crippen molar-refractivity contribution < 1.29 is 5.11 Å². The minimum absolute atomic E-state index is 0.189. The molecule has 0 radical (unpaired) electrons. The van der Waals surface area contributed by atoms with Gasteiger partial charge in [0.25, 0.3) is 0 Å². The molecule has 0 aromatic heterocycles. The molecule has 0 saturated heterocycles. The van der Waals surface area contributed by atoms with E-state index in [0.29, 0.717) is 0 Å². The number of hydrogen-bond acceptors (Lipinski definition) is 2. The fourth-order valence-corrected chi connectivity index (χ4v) is 1.69. The molecule has 16 heavy (non-hydrogen) atoms. The summed E-state index contributed by atoms with van der Waals surface area (Å²) < 4.78 is 0. The molecule has 0 saturated carbocycles. The van der Waals surface area contributed by atoms with Crippen LogP contribution in [0.15, 0.2) is 54.6 Å². The van der Waals surface area contributed by atoms with Crippen molar-refractivity contribution >= 4 is 0 Å². The van der Waals surface area contributed by atoms with Gasteiger partial charge in [0.1, 0.15) is 5.75 Å². The summed E-state index contributed by atoms with van der Waals surface area (Å²) in [6, 6.07) is 18.6. The van der Waals surface area contributed by atoms with Gasteiger partial charge in [-0.05, 0) is 23.3 Å². The lowest BCUT2D eigenvalue weighted by molar-refractivity contribution is 0.474. The van der Waals surface area contributed by atoms with Gasteiger partial charge in [-0.2, -0.15) is 5.26 Å². The van der Waals surface area contributed by atoms with Gasteiger partial charge in [0.15, 0.2) is 0 Å². The van der Waals surface area contributed by atoms with Crippen LogP contribution in [-0.2, 0) is 0 Å². The summed E-state index contributed by atoms with van der Waals surface area (Å²) in [6.07, 6.45) is 0. The normalized spacial score (nSPS) is 11.7. The Bertz CT molecular complexity index is 514. The molecular weight excluding hydrogens is 198 g/mol. The number of phenolic OH excluding ortho intramolecular Hbond substituents is 1. The quantitative estimate of drug-likeness (QED) is 0.826. The molecule has 1 atom stereocenters. The molecule has 78 valence electrons. The zero-order valence-corrected chi connectivity index (χ0v) is 8.67. The van der Waals surface area contributed by atoms with E-state index < -0.39 is 0 Å². The summed E-state index contributed by atoms with van der Waals surface area (Å²) in [5.41, 5.74) is 1.75. The number of aromatic hydroxyl groups is 1. The first-order chi connectivity index (χ1) is 7.81. The fraction of sp³-hybridized carbons (Fsp3) is 0.0714. The first kappa shape index (κ1) is 10.3. The Kier molecular flexibility index (Phi) is 2.88. The molecule has 0 amide bonds. The molecule has 2 rings (SSSR count). The zero-order chi connectivity index (χ0) is 11.4. The third kappa shape index (κ3) is 2.04. The summed E-state index contributed by atoms with van der Waals surface area (Å²) in [7, 11) is 0. The molecule has 0 bridgehead atoms. The van der Waals surface area contributed by atoms with Gasteiger partial charge in [0.2, 0.25) is 0 Å². The molecule has 0 spiro atoms. The first-order valence-electron chi connectivity index (χ1n) is 5.05. The predicted octanol–water partition coefficient (Wildman–Crippen LogP) is 3.05. The van der Waals surface area contributed by atoms with Crippen LogP contribution in [-0.4, -0.2) is 5.11 Å². The predicted molar refractivity (Wildman–Crippen MR) is 62.0 cm³/mol. The van der Waals surface area contributed by atoms with E-state index in [1.165, 1.54) is 0 Å². The van der Waals surface area contributed by atoms with E-state index in [4.69, 9.17) is 0 Å². The van der Waals surface area contributed by atoms with E-state index >= 15 is 0 Å². The van der Waals surface area contributed by atoms with Gasteiger partial charge in [0, 0.05) is 0 Å². The maximum Gasteiger partial charge on any atom is 0.115 e. The Morgan fingerprint density at radius 1 is 0.938 bits per heavy atom. The van der Waals surface area contributed by atoms with Crippen molar-refractivity contribution in [3.63, 3.8) is 0 Å². The second-order valence-electron chi connectivity index (χ2n) is 3.57. The van der Waals surface area contributed by atoms with Crippen LogP contribution >= 0.6 is 0 Å². The van der Waals surface area contributed by atoms with Crippen molar-refractivity contribution in [3.05, 3.63) is 65.7 Å². The molecule has 2 aromatic rings. The first-order valence-corrected chi connectivity index (χ1v) is 5.05. The summed E-state index contributed by atoms with van der Waals surface area (Å²) in [5, 5.41) is 18.6. The van der Waals surface area contributed by atoms with E-state index in [9.17, 15) is 10.4 Å². The highest BCUT2D eigenvalue weighted by molar-refractivity contribution is 5.40. The number of phenols is 1. The molecule has 1 unspecified atom stereocenters.